The molecule has 1 atom stereocenters. The zero-order valence-corrected chi connectivity index (χ0v) is 26.3. The molecule has 1 aliphatic heterocycles. The van der Waals surface area contributed by atoms with Crippen molar-refractivity contribution >= 4 is 35.1 Å². The van der Waals surface area contributed by atoms with E-state index in [9.17, 15) is 28.7 Å². The molecule has 1 fully saturated rings. The van der Waals surface area contributed by atoms with Crippen LogP contribution in [0.25, 0.3) is 0 Å². The van der Waals surface area contributed by atoms with Crippen molar-refractivity contribution in [3.8, 4) is 6.07 Å². The van der Waals surface area contributed by atoms with Crippen molar-refractivity contribution in [2.75, 3.05) is 36.4 Å². The lowest BCUT2D eigenvalue weighted by Gasteiger charge is -2.27. The second kappa shape index (κ2) is 15.0. The van der Waals surface area contributed by atoms with Crippen LogP contribution in [-0.2, 0) is 4.79 Å². The maximum Gasteiger partial charge on any atom is 0.305 e. The largest absolute Gasteiger partial charge is 0.481 e. The van der Waals surface area contributed by atoms with Crippen molar-refractivity contribution in [1.29, 1.82) is 5.26 Å². The Morgan fingerprint density at radius 1 is 0.854 bits per heavy atom. The minimum absolute atomic E-state index is 0.0896. The van der Waals surface area contributed by atoms with Crippen molar-refractivity contribution in [2.45, 2.75) is 25.8 Å². The predicted octanol–water partition coefficient (Wildman–Crippen LogP) is 5.56. The molecular formula is C37H34FN5O5. The normalized spacial score (nSPS) is 13.5. The summed E-state index contributed by atoms with van der Waals surface area (Å²) in [6.07, 6.45) is 0.288. The van der Waals surface area contributed by atoms with Gasteiger partial charge in [0.2, 0.25) is 0 Å². The van der Waals surface area contributed by atoms with Gasteiger partial charge in [0.05, 0.1) is 35.5 Å². The van der Waals surface area contributed by atoms with E-state index in [0.29, 0.717) is 60.7 Å². The minimum atomic E-state index is -1.08. The maximum absolute atomic E-state index is 14.0. The molecule has 1 unspecified atom stereocenters. The van der Waals surface area contributed by atoms with Gasteiger partial charge in [-0.2, -0.15) is 5.26 Å². The van der Waals surface area contributed by atoms with E-state index in [-0.39, 0.29) is 23.5 Å². The molecule has 0 aromatic heterocycles. The Balaban J connectivity index is 1.41. The van der Waals surface area contributed by atoms with Crippen LogP contribution in [0.3, 0.4) is 0 Å². The number of nitrogens with one attached hydrogen (secondary N) is 2. The van der Waals surface area contributed by atoms with Crippen molar-refractivity contribution < 1.29 is 28.7 Å². The Labute approximate surface area is 277 Å². The average molecular weight is 648 g/mol. The maximum atomic E-state index is 14.0. The Bertz CT molecular complexity index is 1870. The fourth-order valence-corrected chi connectivity index (χ4v) is 5.58. The summed E-state index contributed by atoms with van der Waals surface area (Å²) in [4.78, 5) is 55.4. The minimum Gasteiger partial charge on any atom is -0.481 e. The lowest BCUT2D eigenvalue weighted by Crippen LogP contribution is -2.35. The smallest absolute Gasteiger partial charge is 0.305 e. The summed E-state index contributed by atoms with van der Waals surface area (Å²) >= 11 is 0. The second-order valence-electron chi connectivity index (χ2n) is 11.6. The summed E-state index contributed by atoms with van der Waals surface area (Å²) in [5.41, 5.74) is 3.74. The highest BCUT2D eigenvalue weighted by atomic mass is 19.1. The topological polar surface area (TPSA) is 143 Å². The van der Waals surface area contributed by atoms with Crippen LogP contribution in [-0.4, -0.2) is 59.9 Å². The number of rotatable bonds is 9. The lowest BCUT2D eigenvalue weighted by atomic mass is 10.0. The average Bonchev–Trinajstić information content (AvgIpc) is 3.34. The SMILES string of the molecule is Cc1ccc(C(CC(=O)O)NC(=O)c2ccc(N3CCCN(C(=O)c4ccc(C#N)cc4)CC3)c(NC(=O)c3cccc(F)c3)c2)cc1. The third kappa shape index (κ3) is 8.22. The number of carboxylic acid groups (broad SMARTS) is 1. The molecular weight excluding hydrogens is 613 g/mol. The highest BCUT2D eigenvalue weighted by Gasteiger charge is 2.25. The second-order valence-corrected chi connectivity index (χ2v) is 11.6. The molecule has 1 aliphatic rings. The molecule has 0 bridgehead atoms. The molecule has 3 amide bonds. The van der Waals surface area contributed by atoms with Gasteiger partial charge in [-0.3, -0.25) is 19.2 Å². The van der Waals surface area contributed by atoms with Gasteiger partial charge in [0, 0.05) is 42.9 Å². The number of nitriles is 1. The van der Waals surface area contributed by atoms with Crippen LogP contribution >= 0.6 is 0 Å². The number of carboxylic acids is 1. The van der Waals surface area contributed by atoms with Gasteiger partial charge < -0.3 is 25.5 Å². The van der Waals surface area contributed by atoms with Crippen molar-refractivity contribution in [3.63, 3.8) is 0 Å². The van der Waals surface area contributed by atoms with E-state index >= 15 is 0 Å². The van der Waals surface area contributed by atoms with Crippen molar-refractivity contribution in [1.82, 2.24) is 10.2 Å². The molecule has 11 heteroatoms. The molecule has 3 N–H and O–H groups in total. The van der Waals surface area contributed by atoms with Gasteiger partial charge >= 0.3 is 5.97 Å². The van der Waals surface area contributed by atoms with Gasteiger partial charge in [-0.25, -0.2) is 4.39 Å². The van der Waals surface area contributed by atoms with E-state index in [2.05, 4.69) is 10.6 Å². The Morgan fingerprint density at radius 3 is 2.25 bits per heavy atom. The van der Waals surface area contributed by atoms with E-state index in [0.717, 1.165) is 11.6 Å². The lowest BCUT2D eigenvalue weighted by molar-refractivity contribution is -0.137. The Kier molecular flexibility index (Phi) is 10.5. The molecule has 0 aliphatic carbocycles. The molecule has 10 nitrogen and oxygen atoms in total. The molecule has 244 valence electrons. The number of amides is 3. The molecule has 0 saturated carbocycles. The number of hydrogen-bond donors (Lipinski definition) is 3. The van der Waals surface area contributed by atoms with Gasteiger partial charge in [-0.05, 0) is 79.6 Å². The summed E-state index contributed by atoms with van der Waals surface area (Å²) in [5.74, 6) is -2.92. The monoisotopic (exact) mass is 647 g/mol. The molecule has 5 rings (SSSR count). The van der Waals surface area contributed by atoms with Crippen LogP contribution in [0.15, 0.2) is 91.0 Å². The van der Waals surface area contributed by atoms with Crippen LogP contribution in [0.1, 0.15) is 66.6 Å². The quantitative estimate of drug-likeness (QED) is 0.216. The third-order valence-corrected chi connectivity index (χ3v) is 8.14. The molecule has 48 heavy (non-hydrogen) atoms. The van der Waals surface area contributed by atoms with E-state index in [1.165, 1.54) is 24.3 Å². The van der Waals surface area contributed by atoms with Crippen molar-refractivity contribution in [3.05, 3.63) is 130 Å². The number of carbonyl (C=O) groups excluding carboxylic acids is 3. The number of aliphatic carboxylic acids is 1. The molecule has 0 spiro atoms. The van der Waals surface area contributed by atoms with Crippen LogP contribution in [0, 0.1) is 24.1 Å². The first kappa shape index (κ1) is 33.3. The van der Waals surface area contributed by atoms with Crippen LogP contribution in [0.2, 0.25) is 0 Å². The van der Waals surface area contributed by atoms with Crippen LogP contribution in [0.4, 0.5) is 15.8 Å². The van der Waals surface area contributed by atoms with Crippen LogP contribution in [0.5, 0.6) is 0 Å². The van der Waals surface area contributed by atoms with Gasteiger partial charge in [-0.15, -0.1) is 0 Å². The highest BCUT2D eigenvalue weighted by Crippen LogP contribution is 2.30. The summed E-state index contributed by atoms with van der Waals surface area (Å²) in [6.45, 7) is 3.74. The predicted molar refractivity (Wildman–Crippen MR) is 178 cm³/mol. The first-order chi connectivity index (χ1) is 23.1. The zero-order chi connectivity index (χ0) is 34.2. The van der Waals surface area contributed by atoms with Gasteiger partial charge in [0.15, 0.2) is 0 Å². The summed E-state index contributed by atoms with van der Waals surface area (Å²) in [7, 11) is 0. The number of anilines is 2. The molecule has 4 aromatic rings. The van der Waals surface area contributed by atoms with E-state index in [1.807, 2.05) is 30.0 Å². The number of hydrogen-bond acceptors (Lipinski definition) is 6. The van der Waals surface area contributed by atoms with E-state index in [4.69, 9.17) is 5.26 Å². The number of carbonyl (C=O) groups is 4. The number of aryl methyl sites for hydroxylation is 1. The standard InChI is InChI=1S/C37H34FN5O5/c1-24-6-10-26(11-7-24)31(22-34(44)45)40-36(47)29-14-15-33(32(21-29)41-35(46)28-4-2-5-30(38)20-28)42-16-3-17-43(19-18-42)37(48)27-12-8-25(23-39)9-13-27/h2,4-15,20-21,31H,3,16-19,22H2,1H3,(H,40,47)(H,41,46)(H,44,45). The fraction of sp³-hybridized carbons (Fsp3) is 0.216. The number of nitrogens with zero attached hydrogens (tertiary/aromatic N) is 3. The van der Waals surface area contributed by atoms with Gasteiger partial charge in [0.25, 0.3) is 17.7 Å². The summed E-state index contributed by atoms with van der Waals surface area (Å²) in [6, 6.07) is 25.0. The number of halogens is 1. The Morgan fingerprint density at radius 2 is 1.56 bits per heavy atom. The van der Waals surface area contributed by atoms with Gasteiger partial charge in [0.1, 0.15) is 5.82 Å². The molecule has 4 aromatic carbocycles. The molecule has 0 radical (unpaired) electrons. The van der Waals surface area contributed by atoms with Crippen molar-refractivity contribution in [2.24, 2.45) is 0 Å². The van der Waals surface area contributed by atoms with E-state index in [1.54, 1.807) is 53.4 Å². The Hall–Kier alpha value is -6.02. The highest BCUT2D eigenvalue weighted by molar-refractivity contribution is 6.07. The zero-order valence-electron chi connectivity index (χ0n) is 26.3. The first-order valence-corrected chi connectivity index (χ1v) is 15.5. The fourth-order valence-electron chi connectivity index (χ4n) is 5.58. The summed E-state index contributed by atoms with van der Waals surface area (Å²) in [5, 5.41) is 24.3. The van der Waals surface area contributed by atoms with Crippen LogP contribution < -0.4 is 15.5 Å². The third-order valence-electron chi connectivity index (χ3n) is 8.14. The first-order valence-electron chi connectivity index (χ1n) is 15.5. The molecule has 1 saturated heterocycles. The number of benzene rings is 4. The van der Waals surface area contributed by atoms with E-state index < -0.39 is 29.6 Å². The summed E-state index contributed by atoms with van der Waals surface area (Å²) < 4.78 is 14.0. The van der Waals surface area contributed by atoms with Gasteiger partial charge in [-0.1, -0.05) is 35.9 Å². The molecule has 1 heterocycles.